The highest BCUT2D eigenvalue weighted by atomic mass is 79.9. The zero-order chi connectivity index (χ0) is 14.4. The lowest BCUT2D eigenvalue weighted by atomic mass is 10.1. The van der Waals surface area contributed by atoms with E-state index in [9.17, 15) is 0 Å². The monoisotopic (exact) mass is 369 g/mol. The van der Waals surface area contributed by atoms with Crippen LogP contribution in [0.4, 0.5) is 0 Å². The fraction of sp³-hybridized carbons (Fsp3) is 1.00. The normalized spacial score (nSPS) is 11.4. The van der Waals surface area contributed by atoms with Gasteiger partial charge in [-0.25, -0.2) is 0 Å². The van der Waals surface area contributed by atoms with Gasteiger partial charge in [-0.15, -0.1) is 0 Å². The van der Waals surface area contributed by atoms with Crippen LogP contribution in [0.5, 0.6) is 0 Å². The van der Waals surface area contributed by atoms with Crippen molar-refractivity contribution in [2.45, 2.75) is 78.1 Å². The summed E-state index contributed by atoms with van der Waals surface area (Å²) >= 11 is 3.56. The van der Waals surface area contributed by atoms with Crippen LogP contribution in [-0.4, -0.2) is 36.5 Å². The molecule has 0 aliphatic rings. The molecule has 3 heteroatoms. The lowest BCUT2D eigenvalue weighted by molar-refractivity contribution is -0.910. The average Bonchev–Trinajstić information content (AvgIpc) is 2.41. The molecule has 20 heavy (non-hydrogen) atoms. The SMILES string of the molecule is CCCCCC[N+](C)(CCCCBr)CCCCCC.[Cl-]. The van der Waals surface area contributed by atoms with Crippen LogP contribution in [0.3, 0.4) is 0 Å². The van der Waals surface area contributed by atoms with E-state index >= 15 is 0 Å². The van der Waals surface area contributed by atoms with Crippen molar-refractivity contribution in [3.05, 3.63) is 0 Å². The first-order chi connectivity index (χ1) is 9.18. The smallest absolute Gasteiger partial charge is 0.0784 e. The molecule has 0 heterocycles. The minimum atomic E-state index is 0. The summed E-state index contributed by atoms with van der Waals surface area (Å²) in [5, 5.41) is 1.17. The van der Waals surface area contributed by atoms with E-state index in [1.54, 1.807) is 0 Å². The molecule has 0 N–H and O–H groups in total. The third-order valence-electron chi connectivity index (χ3n) is 4.18. The van der Waals surface area contributed by atoms with Crippen LogP contribution in [0.2, 0.25) is 0 Å². The van der Waals surface area contributed by atoms with Gasteiger partial charge in [0.25, 0.3) is 0 Å². The molecular weight excluding hydrogens is 334 g/mol. The molecule has 0 unspecified atom stereocenters. The van der Waals surface area contributed by atoms with Gasteiger partial charge in [-0.1, -0.05) is 55.5 Å². The lowest BCUT2D eigenvalue weighted by Crippen LogP contribution is -3.00. The van der Waals surface area contributed by atoms with Crippen molar-refractivity contribution < 1.29 is 16.9 Å². The van der Waals surface area contributed by atoms with E-state index in [2.05, 4.69) is 36.8 Å². The Morgan fingerprint density at radius 1 is 0.650 bits per heavy atom. The minimum Gasteiger partial charge on any atom is -1.00 e. The maximum atomic E-state index is 3.56. The molecular formula is C17H37BrClN. The molecule has 0 saturated carbocycles. The van der Waals surface area contributed by atoms with Crippen molar-refractivity contribution in [1.29, 1.82) is 0 Å². The van der Waals surface area contributed by atoms with Gasteiger partial charge in [-0.2, -0.15) is 0 Å². The summed E-state index contributed by atoms with van der Waals surface area (Å²) in [7, 11) is 2.49. The van der Waals surface area contributed by atoms with Gasteiger partial charge in [0.1, 0.15) is 0 Å². The summed E-state index contributed by atoms with van der Waals surface area (Å²) in [5.74, 6) is 0. The molecule has 0 rings (SSSR count). The maximum Gasteiger partial charge on any atom is 0.0784 e. The van der Waals surface area contributed by atoms with E-state index in [1.165, 1.54) is 93.7 Å². The number of quaternary nitrogens is 1. The Balaban J connectivity index is 0. The van der Waals surface area contributed by atoms with Crippen LogP contribution in [0, 0.1) is 0 Å². The first kappa shape index (κ1) is 23.0. The fourth-order valence-corrected chi connectivity index (χ4v) is 3.16. The van der Waals surface area contributed by atoms with E-state index in [0.29, 0.717) is 0 Å². The van der Waals surface area contributed by atoms with E-state index in [0.717, 1.165) is 0 Å². The molecule has 0 aromatic rings. The van der Waals surface area contributed by atoms with Crippen LogP contribution in [0.1, 0.15) is 78.1 Å². The molecule has 0 radical (unpaired) electrons. The molecule has 0 bridgehead atoms. The standard InChI is InChI=1S/C17H37BrN.ClH/c1-4-6-8-11-15-19(3,17-13-10-14-18)16-12-9-7-5-2;/h4-17H2,1-3H3;1H/q+1;/p-1. The zero-order valence-corrected chi connectivity index (χ0v) is 16.4. The third kappa shape index (κ3) is 13.7. The Bertz CT molecular complexity index is 176. The summed E-state index contributed by atoms with van der Waals surface area (Å²) < 4.78 is 1.32. The van der Waals surface area contributed by atoms with Crippen LogP contribution < -0.4 is 12.4 Å². The molecule has 0 spiro atoms. The van der Waals surface area contributed by atoms with Crippen LogP contribution in [0.25, 0.3) is 0 Å². The number of halogens is 2. The molecule has 0 amide bonds. The van der Waals surface area contributed by atoms with E-state index in [4.69, 9.17) is 0 Å². The van der Waals surface area contributed by atoms with Crippen molar-refractivity contribution in [2.75, 3.05) is 32.0 Å². The second kappa shape index (κ2) is 16.1. The van der Waals surface area contributed by atoms with E-state index < -0.39 is 0 Å². The van der Waals surface area contributed by atoms with Gasteiger partial charge in [0.05, 0.1) is 26.7 Å². The predicted molar refractivity (Wildman–Crippen MR) is 92.1 cm³/mol. The molecule has 0 fully saturated rings. The summed E-state index contributed by atoms with van der Waals surface area (Å²) in [5.41, 5.74) is 0. The lowest BCUT2D eigenvalue weighted by Gasteiger charge is -2.35. The quantitative estimate of drug-likeness (QED) is 0.250. The summed E-state index contributed by atoms with van der Waals surface area (Å²) in [6.45, 7) is 8.77. The molecule has 0 aliphatic heterocycles. The number of unbranched alkanes of at least 4 members (excludes halogenated alkanes) is 7. The molecule has 1 nitrogen and oxygen atoms in total. The van der Waals surface area contributed by atoms with Crippen molar-refractivity contribution in [3.63, 3.8) is 0 Å². The first-order valence-corrected chi connectivity index (χ1v) is 9.70. The Hall–Kier alpha value is 0.730. The van der Waals surface area contributed by atoms with Crippen molar-refractivity contribution in [2.24, 2.45) is 0 Å². The average molecular weight is 371 g/mol. The van der Waals surface area contributed by atoms with Crippen LogP contribution in [0.15, 0.2) is 0 Å². The highest BCUT2D eigenvalue weighted by Crippen LogP contribution is 2.14. The second-order valence-corrected chi connectivity index (χ2v) is 7.10. The van der Waals surface area contributed by atoms with Crippen molar-refractivity contribution in [1.82, 2.24) is 0 Å². The highest BCUT2D eigenvalue weighted by molar-refractivity contribution is 9.09. The topological polar surface area (TPSA) is 0 Å². The number of hydrogen-bond donors (Lipinski definition) is 0. The molecule has 0 atom stereocenters. The van der Waals surface area contributed by atoms with Crippen molar-refractivity contribution >= 4 is 15.9 Å². The number of nitrogens with zero attached hydrogens (tertiary/aromatic N) is 1. The first-order valence-electron chi connectivity index (χ1n) is 8.58. The summed E-state index contributed by atoms with van der Waals surface area (Å²) in [6.07, 6.45) is 13.9. The summed E-state index contributed by atoms with van der Waals surface area (Å²) in [4.78, 5) is 0. The van der Waals surface area contributed by atoms with Gasteiger partial charge in [-0.3, -0.25) is 0 Å². The predicted octanol–water partition coefficient (Wildman–Crippen LogP) is 2.77. The second-order valence-electron chi connectivity index (χ2n) is 6.31. The Morgan fingerprint density at radius 2 is 1.05 bits per heavy atom. The molecule has 0 aliphatic carbocycles. The fourth-order valence-electron chi connectivity index (χ4n) is 2.76. The molecule has 124 valence electrons. The van der Waals surface area contributed by atoms with Crippen LogP contribution in [-0.2, 0) is 0 Å². The van der Waals surface area contributed by atoms with Gasteiger partial charge in [0.2, 0.25) is 0 Å². The Morgan fingerprint density at radius 3 is 1.40 bits per heavy atom. The maximum absolute atomic E-state index is 3.56. The molecule has 0 aromatic carbocycles. The molecule has 0 saturated heterocycles. The number of hydrogen-bond acceptors (Lipinski definition) is 0. The van der Waals surface area contributed by atoms with Gasteiger partial charge in [0.15, 0.2) is 0 Å². The van der Waals surface area contributed by atoms with Gasteiger partial charge in [-0.05, 0) is 38.5 Å². The number of rotatable bonds is 14. The van der Waals surface area contributed by atoms with E-state index in [1.807, 2.05) is 0 Å². The van der Waals surface area contributed by atoms with Crippen LogP contribution >= 0.6 is 15.9 Å². The van der Waals surface area contributed by atoms with E-state index in [-0.39, 0.29) is 12.4 Å². The largest absolute Gasteiger partial charge is 1.00 e. The minimum absolute atomic E-state index is 0. The molecule has 0 aromatic heterocycles. The highest BCUT2D eigenvalue weighted by Gasteiger charge is 2.19. The van der Waals surface area contributed by atoms with Gasteiger partial charge in [0, 0.05) is 5.33 Å². The Labute approximate surface area is 143 Å². The van der Waals surface area contributed by atoms with Crippen molar-refractivity contribution in [3.8, 4) is 0 Å². The summed E-state index contributed by atoms with van der Waals surface area (Å²) in [6, 6.07) is 0. The van der Waals surface area contributed by atoms with Gasteiger partial charge < -0.3 is 16.9 Å². The third-order valence-corrected chi connectivity index (χ3v) is 4.75. The number of alkyl halides is 1. The van der Waals surface area contributed by atoms with Gasteiger partial charge >= 0.3 is 0 Å². The zero-order valence-electron chi connectivity index (χ0n) is 14.1. The Kier molecular flexibility index (Phi) is 18.5.